The SMILES string of the molecule is CCOC(=O)c1sc(N2C(=O)C(=O)/C(=C(/O)c3cccc(OC)c3)C2c2ccc(C)o2)nc1C. The molecular formula is C24H22N2O7S. The van der Waals surface area contributed by atoms with Crippen LogP contribution in [0.15, 0.2) is 46.4 Å². The molecule has 34 heavy (non-hydrogen) atoms. The quantitative estimate of drug-likeness (QED) is 0.241. The second-order valence-electron chi connectivity index (χ2n) is 7.48. The lowest BCUT2D eigenvalue weighted by molar-refractivity contribution is -0.132. The van der Waals surface area contributed by atoms with Crippen molar-refractivity contribution in [1.29, 1.82) is 0 Å². The van der Waals surface area contributed by atoms with E-state index in [0.29, 0.717) is 22.8 Å². The van der Waals surface area contributed by atoms with Gasteiger partial charge in [-0.25, -0.2) is 9.78 Å². The van der Waals surface area contributed by atoms with E-state index in [-0.39, 0.29) is 33.7 Å². The van der Waals surface area contributed by atoms with Crippen LogP contribution in [0.5, 0.6) is 5.75 Å². The molecule has 0 bridgehead atoms. The van der Waals surface area contributed by atoms with Gasteiger partial charge in [0.15, 0.2) is 5.13 Å². The van der Waals surface area contributed by atoms with Gasteiger partial charge in [0.25, 0.3) is 5.78 Å². The van der Waals surface area contributed by atoms with Crippen LogP contribution in [0, 0.1) is 13.8 Å². The van der Waals surface area contributed by atoms with Crippen molar-refractivity contribution < 1.29 is 33.4 Å². The number of hydrogen-bond acceptors (Lipinski definition) is 9. The summed E-state index contributed by atoms with van der Waals surface area (Å²) in [6, 6.07) is 8.74. The van der Waals surface area contributed by atoms with E-state index in [0.717, 1.165) is 16.2 Å². The van der Waals surface area contributed by atoms with Crippen LogP contribution in [0.4, 0.5) is 5.13 Å². The molecule has 2 aromatic heterocycles. The highest BCUT2D eigenvalue weighted by molar-refractivity contribution is 7.17. The number of Topliss-reactive ketones (excluding diaryl/α,β-unsaturated/α-hetero) is 1. The van der Waals surface area contributed by atoms with Gasteiger partial charge in [0, 0.05) is 5.56 Å². The molecule has 1 aliphatic heterocycles. The molecule has 3 heterocycles. The number of carbonyl (C=O) groups is 3. The Morgan fingerprint density at radius 3 is 2.65 bits per heavy atom. The zero-order valence-electron chi connectivity index (χ0n) is 18.9. The number of amides is 1. The number of aliphatic hydroxyl groups is 1. The van der Waals surface area contributed by atoms with Gasteiger partial charge in [0.05, 0.1) is 25.0 Å². The smallest absolute Gasteiger partial charge is 0.350 e. The van der Waals surface area contributed by atoms with Gasteiger partial charge in [-0.15, -0.1) is 0 Å². The first-order chi connectivity index (χ1) is 16.3. The Balaban J connectivity index is 1.89. The lowest BCUT2D eigenvalue weighted by Crippen LogP contribution is -2.29. The zero-order chi connectivity index (χ0) is 24.6. The summed E-state index contributed by atoms with van der Waals surface area (Å²) in [4.78, 5) is 44.4. The van der Waals surface area contributed by atoms with Crippen LogP contribution in [-0.2, 0) is 14.3 Å². The van der Waals surface area contributed by atoms with Crippen molar-refractivity contribution in [3.05, 3.63) is 69.6 Å². The number of hydrogen-bond donors (Lipinski definition) is 1. The normalized spacial score (nSPS) is 17.3. The maximum atomic E-state index is 13.2. The van der Waals surface area contributed by atoms with E-state index in [4.69, 9.17) is 13.9 Å². The Labute approximate surface area is 199 Å². The molecule has 0 aliphatic carbocycles. The van der Waals surface area contributed by atoms with Crippen molar-refractivity contribution in [2.45, 2.75) is 26.8 Å². The molecule has 1 N–H and O–H groups in total. The Morgan fingerprint density at radius 1 is 1.24 bits per heavy atom. The van der Waals surface area contributed by atoms with Crippen molar-refractivity contribution in [2.24, 2.45) is 0 Å². The number of thiazole rings is 1. The minimum atomic E-state index is -1.08. The summed E-state index contributed by atoms with van der Waals surface area (Å²) in [6.45, 7) is 5.21. The predicted molar refractivity (Wildman–Crippen MR) is 124 cm³/mol. The zero-order valence-corrected chi connectivity index (χ0v) is 19.8. The topological polar surface area (TPSA) is 119 Å². The molecule has 176 valence electrons. The highest BCUT2D eigenvalue weighted by atomic mass is 32.1. The summed E-state index contributed by atoms with van der Waals surface area (Å²) < 4.78 is 16.0. The third-order valence-corrected chi connectivity index (χ3v) is 6.41. The fourth-order valence-electron chi connectivity index (χ4n) is 3.70. The van der Waals surface area contributed by atoms with Gasteiger partial charge < -0.3 is 19.0 Å². The Kier molecular flexibility index (Phi) is 6.25. The molecule has 0 saturated carbocycles. The molecule has 9 nitrogen and oxygen atoms in total. The van der Waals surface area contributed by atoms with Crippen LogP contribution in [0.1, 0.15) is 45.4 Å². The van der Waals surface area contributed by atoms with Gasteiger partial charge in [-0.3, -0.25) is 14.5 Å². The molecule has 1 aromatic carbocycles. The van der Waals surface area contributed by atoms with E-state index < -0.39 is 23.7 Å². The summed E-state index contributed by atoms with van der Waals surface area (Å²) in [6.07, 6.45) is 0. The van der Waals surface area contributed by atoms with Crippen LogP contribution in [-0.4, -0.2) is 41.5 Å². The predicted octanol–water partition coefficient (Wildman–Crippen LogP) is 4.16. The standard InChI is InChI=1S/C24H22N2O7S/c1-5-32-23(30)21-13(3)25-24(34-21)26-18(16-10-9-12(2)33-16)17(20(28)22(26)29)19(27)14-7-6-8-15(11-14)31-4/h6-11,18,27H,5H2,1-4H3/b19-17+. The highest BCUT2D eigenvalue weighted by Crippen LogP contribution is 2.44. The fourth-order valence-corrected chi connectivity index (χ4v) is 4.68. The van der Waals surface area contributed by atoms with Crippen LogP contribution >= 0.6 is 11.3 Å². The molecule has 0 spiro atoms. The lowest BCUT2D eigenvalue weighted by Gasteiger charge is -2.20. The van der Waals surface area contributed by atoms with E-state index in [1.165, 1.54) is 7.11 Å². The molecule has 1 saturated heterocycles. The van der Waals surface area contributed by atoms with E-state index in [1.807, 2.05) is 0 Å². The number of aliphatic hydroxyl groups excluding tert-OH is 1. The van der Waals surface area contributed by atoms with Crippen LogP contribution in [0.3, 0.4) is 0 Å². The average molecular weight is 483 g/mol. The number of ether oxygens (including phenoxy) is 2. The van der Waals surface area contributed by atoms with Crippen molar-refractivity contribution in [3.8, 4) is 5.75 Å². The largest absolute Gasteiger partial charge is 0.507 e. The molecule has 1 amide bonds. The monoisotopic (exact) mass is 482 g/mol. The second-order valence-corrected chi connectivity index (χ2v) is 8.46. The maximum Gasteiger partial charge on any atom is 0.350 e. The molecule has 1 aliphatic rings. The van der Waals surface area contributed by atoms with E-state index in [2.05, 4.69) is 4.98 Å². The first kappa shape index (κ1) is 23.2. The minimum Gasteiger partial charge on any atom is -0.507 e. The van der Waals surface area contributed by atoms with Gasteiger partial charge in [-0.2, -0.15) is 0 Å². The summed E-state index contributed by atoms with van der Waals surface area (Å²) in [7, 11) is 1.48. The van der Waals surface area contributed by atoms with E-state index in [1.54, 1.807) is 57.2 Å². The van der Waals surface area contributed by atoms with Crippen LogP contribution < -0.4 is 9.64 Å². The summed E-state index contributed by atoms with van der Waals surface area (Å²) in [5.41, 5.74) is 0.508. The molecular weight excluding hydrogens is 460 g/mol. The number of methoxy groups -OCH3 is 1. The Morgan fingerprint density at radius 2 is 2.00 bits per heavy atom. The van der Waals surface area contributed by atoms with E-state index in [9.17, 15) is 19.5 Å². The molecule has 4 rings (SSSR count). The maximum absolute atomic E-state index is 13.2. The number of ketones is 1. The fraction of sp³-hybridized carbons (Fsp3) is 0.250. The molecule has 1 atom stereocenters. The number of nitrogens with zero attached hydrogens (tertiary/aromatic N) is 2. The molecule has 0 radical (unpaired) electrons. The number of aryl methyl sites for hydroxylation is 2. The number of aromatic nitrogens is 1. The average Bonchev–Trinajstić information content (AvgIpc) is 3.49. The number of esters is 1. The minimum absolute atomic E-state index is 0.117. The number of carbonyl (C=O) groups excluding carboxylic acids is 3. The third kappa shape index (κ3) is 3.96. The van der Waals surface area contributed by atoms with Gasteiger partial charge in [0.2, 0.25) is 0 Å². The third-order valence-electron chi connectivity index (χ3n) is 5.27. The molecule has 1 fully saturated rings. The molecule has 3 aromatic rings. The Hall–Kier alpha value is -3.92. The Bertz CT molecular complexity index is 1320. The first-order valence-corrected chi connectivity index (χ1v) is 11.2. The molecule has 10 heteroatoms. The number of anilines is 1. The number of benzene rings is 1. The lowest BCUT2D eigenvalue weighted by atomic mass is 9.99. The number of rotatable bonds is 6. The van der Waals surface area contributed by atoms with Gasteiger partial charge in [0.1, 0.15) is 33.9 Å². The second kappa shape index (κ2) is 9.14. The van der Waals surface area contributed by atoms with Gasteiger partial charge in [-0.1, -0.05) is 23.5 Å². The van der Waals surface area contributed by atoms with Crippen molar-refractivity contribution in [3.63, 3.8) is 0 Å². The highest BCUT2D eigenvalue weighted by Gasteiger charge is 2.50. The van der Waals surface area contributed by atoms with Crippen LogP contribution in [0.25, 0.3) is 5.76 Å². The summed E-state index contributed by atoms with van der Waals surface area (Å²) in [5.74, 6) is -1.44. The molecule has 1 unspecified atom stereocenters. The summed E-state index contributed by atoms with van der Waals surface area (Å²) in [5, 5.41) is 11.3. The van der Waals surface area contributed by atoms with Gasteiger partial charge >= 0.3 is 11.9 Å². The first-order valence-electron chi connectivity index (χ1n) is 10.4. The van der Waals surface area contributed by atoms with Crippen molar-refractivity contribution in [1.82, 2.24) is 4.98 Å². The van der Waals surface area contributed by atoms with Crippen molar-refractivity contribution >= 4 is 39.9 Å². The van der Waals surface area contributed by atoms with Crippen LogP contribution in [0.2, 0.25) is 0 Å². The number of furan rings is 1. The van der Waals surface area contributed by atoms with E-state index >= 15 is 0 Å². The van der Waals surface area contributed by atoms with Crippen molar-refractivity contribution in [2.75, 3.05) is 18.6 Å². The summed E-state index contributed by atoms with van der Waals surface area (Å²) >= 11 is 0.933. The van der Waals surface area contributed by atoms with Gasteiger partial charge in [-0.05, 0) is 45.0 Å².